The molecule has 184 valence electrons. The van der Waals surface area contributed by atoms with Crippen LogP contribution >= 0.6 is 0 Å². The third kappa shape index (κ3) is 7.23. The Morgan fingerprint density at radius 1 is 0.719 bits per heavy atom. The summed E-state index contributed by atoms with van der Waals surface area (Å²) in [5.41, 5.74) is 0. The number of rotatable bonds is 11. The predicted octanol–water partition coefficient (Wildman–Crippen LogP) is 8.72. The molecule has 0 aromatic rings. The molecule has 0 N–H and O–H groups in total. The van der Waals surface area contributed by atoms with Gasteiger partial charge in [-0.05, 0) is 99.2 Å². The zero-order valence-corrected chi connectivity index (χ0v) is 21.4. The summed E-state index contributed by atoms with van der Waals surface area (Å²) in [6.45, 7) is 4.49. The molecule has 0 radical (unpaired) electrons. The van der Waals surface area contributed by atoms with Gasteiger partial charge in [0.2, 0.25) is 0 Å². The van der Waals surface area contributed by atoms with E-state index in [0.717, 1.165) is 61.2 Å². The Kier molecular flexibility index (Phi) is 9.42. The van der Waals surface area contributed by atoms with Crippen molar-refractivity contribution in [1.82, 2.24) is 0 Å². The Morgan fingerprint density at radius 2 is 1.16 bits per heavy atom. The second-order valence-corrected chi connectivity index (χ2v) is 12.8. The summed E-state index contributed by atoms with van der Waals surface area (Å²) in [4.78, 5) is 12.6. The van der Waals surface area contributed by atoms with Gasteiger partial charge in [-0.2, -0.15) is 0 Å². The molecule has 0 heterocycles. The number of hydrogen-bond donors (Lipinski definition) is 0. The molecule has 0 aromatic carbocycles. The highest BCUT2D eigenvalue weighted by atomic mass is 16.5. The highest BCUT2D eigenvalue weighted by Gasteiger charge is 2.37. The van der Waals surface area contributed by atoms with E-state index in [2.05, 4.69) is 13.8 Å². The Hall–Kier alpha value is -0.530. The normalized spacial score (nSPS) is 35.5. The van der Waals surface area contributed by atoms with Gasteiger partial charge in [0.15, 0.2) is 0 Å². The number of esters is 1. The highest BCUT2D eigenvalue weighted by Crippen LogP contribution is 2.48. The topological polar surface area (TPSA) is 26.3 Å². The van der Waals surface area contributed by atoms with Crippen LogP contribution < -0.4 is 0 Å². The molecule has 4 aliphatic rings. The zero-order valence-electron chi connectivity index (χ0n) is 21.4. The molecule has 2 heteroatoms. The molecule has 4 saturated carbocycles. The summed E-state index contributed by atoms with van der Waals surface area (Å²) < 4.78 is 6.15. The van der Waals surface area contributed by atoms with Crippen molar-refractivity contribution in [2.24, 2.45) is 41.4 Å². The highest BCUT2D eigenvalue weighted by molar-refractivity contribution is 5.69. The minimum Gasteiger partial charge on any atom is -0.462 e. The molecule has 4 unspecified atom stereocenters. The zero-order chi connectivity index (χ0) is 22.3. The van der Waals surface area contributed by atoms with Gasteiger partial charge in [0.1, 0.15) is 6.10 Å². The molecule has 0 aromatic heterocycles. The van der Waals surface area contributed by atoms with Gasteiger partial charge in [-0.25, -0.2) is 0 Å². The number of carbonyl (C=O) groups excluding carboxylic acids is 1. The lowest BCUT2D eigenvalue weighted by molar-refractivity contribution is -0.150. The molecule has 0 bridgehead atoms. The van der Waals surface area contributed by atoms with Crippen LogP contribution in [0.25, 0.3) is 0 Å². The first-order chi connectivity index (χ1) is 15.6. The third-order valence-corrected chi connectivity index (χ3v) is 9.93. The van der Waals surface area contributed by atoms with Gasteiger partial charge in [-0.3, -0.25) is 4.79 Å². The minimum atomic E-state index is 0.0795. The molecule has 4 rings (SSSR count). The second-order valence-electron chi connectivity index (χ2n) is 12.8. The molecule has 0 saturated heterocycles. The van der Waals surface area contributed by atoms with Crippen molar-refractivity contribution in [3.63, 3.8) is 0 Å². The van der Waals surface area contributed by atoms with Crippen molar-refractivity contribution in [3.8, 4) is 0 Å². The van der Waals surface area contributed by atoms with E-state index >= 15 is 0 Å². The summed E-state index contributed by atoms with van der Waals surface area (Å²) in [6, 6.07) is 0. The van der Waals surface area contributed by atoms with E-state index in [4.69, 9.17) is 4.74 Å². The van der Waals surface area contributed by atoms with Gasteiger partial charge in [-0.1, -0.05) is 71.6 Å². The lowest BCUT2D eigenvalue weighted by atomic mass is 9.82. The smallest absolute Gasteiger partial charge is 0.306 e. The summed E-state index contributed by atoms with van der Waals surface area (Å²) in [5, 5.41) is 0. The molecular formula is C30H52O2. The van der Waals surface area contributed by atoms with E-state index in [1.54, 1.807) is 0 Å². The van der Waals surface area contributed by atoms with Crippen molar-refractivity contribution in [1.29, 1.82) is 0 Å². The van der Waals surface area contributed by atoms with Gasteiger partial charge in [0, 0.05) is 6.42 Å². The molecule has 4 atom stereocenters. The van der Waals surface area contributed by atoms with E-state index in [0.29, 0.717) is 12.3 Å². The third-order valence-electron chi connectivity index (χ3n) is 9.93. The minimum absolute atomic E-state index is 0.0795. The molecule has 0 amide bonds. The Labute approximate surface area is 199 Å². The van der Waals surface area contributed by atoms with Crippen LogP contribution in [0.4, 0.5) is 0 Å². The lowest BCUT2D eigenvalue weighted by Gasteiger charge is -2.24. The first-order valence-electron chi connectivity index (χ1n) is 14.8. The van der Waals surface area contributed by atoms with Crippen LogP contribution in [0.15, 0.2) is 0 Å². The van der Waals surface area contributed by atoms with Crippen LogP contribution in [0.3, 0.4) is 0 Å². The molecule has 4 aliphatic carbocycles. The number of fused-ring (bicyclic) bond motifs is 2. The predicted molar refractivity (Wildman–Crippen MR) is 133 cm³/mol. The number of hydrogen-bond acceptors (Lipinski definition) is 2. The Morgan fingerprint density at radius 3 is 1.56 bits per heavy atom. The Bertz CT molecular complexity index is 505. The molecule has 0 spiro atoms. The molecular weight excluding hydrogens is 392 g/mol. The maximum absolute atomic E-state index is 12.6. The fraction of sp³-hybridized carbons (Fsp3) is 0.967. The SMILES string of the molecule is CC(C)CCCC(=O)OC(CCC1CC2CCCCC2C1)CCC1CC2CCCCC2C1. The van der Waals surface area contributed by atoms with Crippen molar-refractivity contribution < 1.29 is 9.53 Å². The van der Waals surface area contributed by atoms with Gasteiger partial charge < -0.3 is 4.74 Å². The fourth-order valence-electron chi connectivity index (χ4n) is 8.19. The van der Waals surface area contributed by atoms with Crippen molar-refractivity contribution in [3.05, 3.63) is 0 Å². The van der Waals surface area contributed by atoms with Crippen LogP contribution in [0, 0.1) is 41.4 Å². The molecule has 32 heavy (non-hydrogen) atoms. The van der Waals surface area contributed by atoms with Crippen LogP contribution in [0.2, 0.25) is 0 Å². The maximum atomic E-state index is 12.6. The molecule has 4 fully saturated rings. The van der Waals surface area contributed by atoms with Crippen molar-refractivity contribution in [2.45, 2.75) is 142 Å². The first-order valence-corrected chi connectivity index (χ1v) is 14.8. The summed E-state index contributed by atoms with van der Waals surface area (Å²) >= 11 is 0. The maximum Gasteiger partial charge on any atom is 0.306 e. The summed E-state index contributed by atoms with van der Waals surface area (Å²) in [5.74, 6) is 6.64. The van der Waals surface area contributed by atoms with E-state index in [9.17, 15) is 4.79 Å². The largest absolute Gasteiger partial charge is 0.462 e. The van der Waals surface area contributed by atoms with Crippen molar-refractivity contribution in [2.75, 3.05) is 0 Å². The standard InChI is InChI=1S/C30H52O2/c1-22(2)8-7-13-30(31)32-29(16-14-23-18-25-9-3-4-10-26(25)19-23)17-15-24-20-27-11-5-6-12-28(27)21-24/h22-29H,3-21H2,1-2H3. The van der Waals surface area contributed by atoms with Crippen LogP contribution in [0.1, 0.15) is 136 Å². The summed E-state index contributed by atoms with van der Waals surface area (Å²) in [7, 11) is 0. The van der Waals surface area contributed by atoms with Gasteiger partial charge >= 0.3 is 5.97 Å². The monoisotopic (exact) mass is 444 g/mol. The average molecular weight is 445 g/mol. The van der Waals surface area contributed by atoms with E-state index in [1.807, 2.05) is 0 Å². The van der Waals surface area contributed by atoms with Crippen LogP contribution in [0.5, 0.6) is 0 Å². The van der Waals surface area contributed by atoms with Gasteiger partial charge in [-0.15, -0.1) is 0 Å². The fourth-order valence-corrected chi connectivity index (χ4v) is 8.19. The van der Waals surface area contributed by atoms with Gasteiger partial charge in [0.05, 0.1) is 0 Å². The van der Waals surface area contributed by atoms with Gasteiger partial charge in [0.25, 0.3) is 0 Å². The van der Waals surface area contributed by atoms with E-state index < -0.39 is 0 Å². The van der Waals surface area contributed by atoms with Crippen LogP contribution in [-0.2, 0) is 9.53 Å². The second kappa shape index (κ2) is 12.3. The first kappa shape index (κ1) is 24.6. The van der Waals surface area contributed by atoms with E-state index in [1.165, 1.54) is 89.9 Å². The summed E-state index contributed by atoms with van der Waals surface area (Å²) in [6.07, 6.45) is 25.4. The number of ether oxygens (including phenoxy) is 1. The Balaban J connectivity index is 1.24. The molecule has 0 aliphatic heterocycles. The van der Waals surface area contributed by atoms with Crippen LogP contribution in [-0.4, -0.2) is 12.1 Å². The lowest BCUT2D eigenvalue weighted by Crippen LogP contribution is -2.20. The number of carbonyl (C=O) groups is 1. The molecule has 2 nitrogen and oxygen atoms in total. The average Bonchev–Trinajstić information content (AvgIpc) is 3.38. The quantitative estimate of drug-likeness (QED) is 0.298. The van der Waals surface area contributed by atoms with E-state index in [-0.39, 0.29) is 12.1 Å². The van der Waals surface area contributed by atoms with Crippen molar-refractivity contribution >= 4 is 5.97 Å².